The summed E-state index contributed by atoms with van der Waals surface area (Å²) >= 11 is 0. The summed E-state index contributed by atoms with van der Waals surface area (Å²) in [5.41, 5.74) is 0.577. The maximum atomic E-state index is 12.6. The first-order chi connectivity index (χ1) is 13.6. The van der Waals surface area contributed by atoms with Crippen molar-refractivity contribution in [1.82, 2.24) is 9.88 Å². The number of urea groups is 1. The second kappa shape index (κ2) is 9.16. The summed E-state index contributed by atoms with van der Waals surface area (Å²) in [6, 6.07) is 6.97. The summed E-state index contributed by atoms with van der Waals surface area (Å²) in [6.07, 6.45) is 5.01. The summed E-state index contributed by atoms with van der Waals surface area (Å²) in [5.74, 6) is 2.21. The van der Waals surface area contributed by atoms with Gasteiger partial charge >= 0.3 is 6.03 Å². The molecule has 2 aromatic rings. The van der Waals surface area contributed by atoms with Crippen LogP contribution < -0.4 is 24.3 Å². The topological polar surface area (TPSA) is 82.2 Å². The highest BCUT2D eigenvalue weighted by molar-refractivity contribution is 5.90. The fourth-order valence-corrected chi connectivity index (χ4v) is 3.14. The summed E-state index contributed by atoms with van der Waals surface area (Å²) in [4.78, 5) is 18.5. The monoisotopic (exact) mass is 387 g/mol. The molecular formula is C20H25N3O5. The lowest BCUT2D eigenvalue weighted by atomic mass is 10.1. The van der Waals surface area contributed by atoms with Crippen molar-refractivity contribution >= 4 is 11.7 Å². The number of hydrogen-bond acceptors (Lipinski definition) is 6. The van der Waals surface area contributed by atoms with Gasteiger partial charge in [-0.15, -0.1) is 0 Å². The molecule has 0 unspecified atom stereocenters. The van der Waals surface area contributed by atoms with Crippen LogP contribution in [0.5, 0.6) is 23.0 Å². The lowest BCUT2D eigenvalue weighted by Crippen LogP contribution is -2.43. The predicted octanol–water partition coefficient (Wildman–Crippen LogP) is 3.18. The van der Waals surface area contributed by atoms with E-state index in [1.165, 1.54) is 21.3 Å². The maximum Gasteiger partial charge on any atom is 0.321 e. The second-order valence-electron chi connectivity index (χ2n) is 6.34. The Balaban J connectivity index is 1.58. The van der Waals surface area contributed by atoms with Gasteiger partial charge in [0.15, 0.2) is 11.5 Å². The van der Waals surface area contributed by atoms with Gasteiger partial charge in [0.25, 0.3) is 0 Å². The molecule has 1 aromatic carbocycles. The van der Waals surface area contributed by atoms with E-state index >= 15 is 0 Å². The number of pyridine rings is 1. The number of carbonyl (C=O) groups excluding carboxylic acids is 1. The molecule has 8 heteroatoms. The molecule has 28 heavy (non-hydrogen) atoms. The van der Waals surface area contributed by atoms with Crippen LogP contribution in [0, 0.1) is 0 Å². The van der Waals surface area contributed by atoms with Gasteiger partial charge in [-0.1, -0.05) is 0 Å². The normalized spacial score (nSPS) is 14.3. The Labute approximate surface area is 164 Å². The number of benzene rings is 1. The average molecular weight is 387 g/mol. The molecule has 2 heterocycles. The van der Waals surface area contributed by atoms with Crippen molar-refractivity contribution in [2.24, 2.45) is 0 Å². The van der Waals surface area contributed by atoms with Crippen molar-refractivity contribution in [3.63, 3.8) is 0 Å². The predicted molar refractivity (Wildman–Crippen MR) is 105 cm³/mol. The van der Waals surface area contributed by atoms with Crippen LogP contribution in [0.4, 0.5) is 10.5 Å². The highest BCUT2D eigenvalue weighted by Gasteiger charge is 2.24. The molecule has 1 fully saturated rings. The zero-order chi connectivity index (χ0) is 19.9. The van der Waals surface area contributed by atoms with Crippen LogP contribution in [0.25, 0.3) is 0 Å². The van der Waals surface area contributed by atoms with Gasteiger partial charge in [0.2, 0.25) is 5.75 Å². The molecule has 0 spiro atoms. The number of ether oxygens (including phenoxy) is 4. The van der Waals surface area contributed by atoms with Gasteiger partial charge in [-0.2, -0.15) is 0 Å². The van der Waals surface area contributed by atoms with E-state index in [2.05, 4.69) is 10.3 Å². The lowest BCUT2D eigenvalue weighted by Gasteiger charge is -2.32. The van der Waals surface area contributed by atoms with E-state index in [0.717, 1.165) is 18.6 Å². The van der Waals surface area contributed by atoms with Crippen molar-refractivity contribution in [2.45, 2.75) is 18.9 Å². The third-order valence-corrected chi connectivity index (χ3v) is 4.58. The summed E-state index contributed by atoms with van der Waals surface area (Å²) in [6.45, 7) is 1.22. The van der Waals surface area contributed by atoms with Crippen LogP contribution in [0.15, 0.2) is 36.7 Å². The second-order valence-corrected chi connectivity index (χ2v) is 6.34. The van der Waals surface area contributed by atoms with E-state index in [1.807, 2.05) is 12.1 Å². The van der Waals surface area contributed by atoms with Crippen LogP contribution in [0.3, 0.4) is 0 Å². The molecule has 0 aliphatic carbocycles. The smallest absolute Gasteiger partial charge is 0.321 e. The molecule has 0 saturated carbocycles. The zero-order valence-electron chi connectivity index (χ0n) is 16.3. The average Bonchev–Trinajstić information content (AvgIpc) is 2.74. The number of carbonyl (C=O) groups is 1. The number of aromatic nitrogens is 1. The van der Waals surface area contributed by atoms with Crippen LogP contribution >= 0.6 is 0 Å². The molecule has 1 saturated heterocycles. The summed E-state index contributed by atoms with van der Waals surface area (Å²) in [7, 11) is 4.61. The standard InChI is InChI=1S/C20H25N3O5/c1-25-17-11-14(12-18(26-2)19(17)27-3)22-20(24)23-9-6-15(7-10-23)28-16-5-4-8-21-13-16/h4-5,8,11-13,15H,6-7,9-10H2,1-3H3,(H,22,24). The first-order valence-electron chi connectivity index (χ1n) is 9.07. The van der Waals surface area contributed by atoms with Crippen molar-refractivity contribution in [1.29, 1.82) is 0 Å². The first kappa shape index (κ1) is 19.6. The van der Waals surface area contributed by atoms with Crippen molar-refractivity contribution < 1.29 is 23.7 Å². The number of likely N-dealkylation sites (tertiary alicyclic amines) is 1. The minimum Gasteiger partial charge on any atom is -0.493 e. The van der Waals surface area contributed by atoms with E-state index in [9.17, 15) is 4.79 Å². The number of amides is 2. The quantitative estimate of drug-likeness (QED) is 0.820. The Morgan fingerprint density at radius 3 is 2.32 bits per heavy atom. The highest BCUT2D eigenvalue weighted by atomic mass is 16.5. The van der Waals surface area contributed by atoms with Crippen LogP contribution in [0.1, 0.15) is 12.8 Å². The molecule has 0 atom stereocenters. The largest absolute Gasteiger partial charge is 0.493 e. The van der Waals surface area contributed by atoms with Crippen molar-refractivity contribution in [2.75, 3.05) is 39.7 Å². The minimum atomic E-state index is -0.172. The number of nitrogens with zero attached hydrogens (tertiary/aromatic N) is 2. The van der Waals surface area contributed by atoms with Gasteiger partial charge in [0.1, 0.15) is 11.9 Å². The molecule has 1 N–H and O–H groups in total. The Bertz CT molecular complexity index is 767. The highest BCUT2D eigenvalue weighted by Crippen LogP contribution is 2.40. The number of nitrogens with one attached hydrogen (secondary N) is 1. The molecule has 150 valence electrons. The van der Waals surface area contributed by atoms with E-state index in [0.29, 0.717) is 36.0 Å². The number of rotatable bonds is 6. The van der Waals surface area contributed by atoms with E-state index in [4.69, 9.17) is 18.9 Å². The van der Waals surface area contributed by atoms with Crippen molar-refractivity contribution in [3.05, 3.63) is 36.7 Å². The fourth-order valence-electron chi connectivity index (χ4n) is 3.14. The Morgan fingerprint density at radius 2 is 1.79 bits per heavy atom. The zero-order valence-corrected chi connectivity index (χ0v) is 16.3. The van der Waals surface area contributed by atoms with Gasteiger partial charge < -0.3 is 29.2 Å². The Hall–Kier alpha value is -3.16. The molecule has 0 radical (unpaired) electrons. The van der Waals surface area contributed by atoms with Gasteiger partial charge in [-0.25, -0.2) is 4.79 Å². The third-order valence-electron chi connectivity index (χ3n) is 4.58. The van der Waals surface area contributed by atoms with Crippen LogP contribution in [-0.4, -0.2) is 56.4 Å². The van der Waals surface area contributed by atoms with Crippen LogP contribution in [-0.2, 0) is 0 Å². The Kier molecular flexibility index (Phi) is 6.41. The molecule has 3 rings (SSSR count). The number of anilines is 1. The van der Waals surface area contributed by atoms with Gasteiger partial charge in [0, 0.05) is 44.3 Å². The molecule has 1 aromatic heterocycles. The molecule has 2 amide bonds. The Morgan fingerprint density at radius 1 is 1.11 bits per heavy atom. The fraction of sp³-hybridized carbons (Fsp3) is 0.400. The van der Waals surface area contributed by atoms with Gasteiger partial charge in [0.05, 0.1) is 33.2 Å². The first-order valence-corrected chi connectivity index (χ1v) is 9.07. The molecule has 0 bridgehead atoms. The number of piperidine rings is 1. The molecular weight excluding hydrogens is 362 g/mol. The molecule has 8 nitrogen and oxygen atoms in total. The van der Waals surface area contributed by atoms with E-state index in [-0.39, 0.29) is 12.1 Å². The number of methoxy groups -OCH3 is 3. The van der Waals surface area contributed by atoms with E-state index < -0.39 is 0 Å². The van der Waals surface area contributed by atoms with E-state index in [1.54, 1.807) is 29.4 Å². The van der Waals surface area contributed by atoms with Gasteiger partial charge in [-0.3, -0.25) is 4.98 Å². The SMILES string of the molecule is COc1cc(NC(=O)N2CCC(Oc3cccnc3)CC2)cc(OC)c1OC. The lowest BCUT2D eigenvalue weighted by molar-refractivity contribution is 0.115. The summed E-state index contributed by atoms with van der Waals surface area (Å²) < 4.78 is 21.9. The molecule has 1 aliphatic heterocycles. The van der Waals surface area contributed by atoms with Crippen molar-refractivity contribution in [3.8, 4) is 23.0 Å². The van der Waals surface area contributed by atoms with Gasteiger partial charge in [-0.05, 0) is 12.1 Å². The minimum absolute atomic E-state index is 0.0782. The maximum absolute atomic E-state index is 12.6. The third kappa shape index (κ3) is 4.57. The summed E-state index contributed by atoms with van der Waals surface area (Å²) in [5, 5.41) is 2.90. The molecule has 1 aliphatic rings. The van der Waals surface area contributed by atoms with Crippen LogP contribution in [0.2, 0.25) is 0 Å². The number of hydrogen-bond donors (Lipinski definition) is 1.